The Morgan fingerprint density at radius 2 is 2.14 bits per heavy atom. The van der Waals surface area contributed by atoms with Crippen LogP contribution in [-0.2, 0) is 12.8 Å². The molecule has 2 atom stereocenters. The van der Waals surface area contributed by atoms with Gasteiger partial charge in [0.2, 0.25) is 0 Å². The van der Waals surface area contributed by atoms with Gasteiger partial charge >= 0.3 is 0 Å². The van der Waals surface area contributed by atoms with Crippen molar-refractivity contribution in [3.63, 3.8) is 0 Å². The zero-order valence-corrected chi connectivity index (χ0v) is 15.4. The molecule has 2 unspecified atom stereocenters. The van der Waals surface area contributed by atoms with Gasteiger partial charge in [-0.25, -0.2) is 0 Å². The van der Waals surface area contributed by atoms with Crippen LogP contribution < -0.4 is 10.1 Å². The van der Waals surface area contributed by atoms with Gasteiger partial charge in [0.1, 0.15) is 5.75 Å². The number of hydrogen-bond acceptors (Lipinski definition) is 3. The maximum absolute atomic E-state index is 5.87. The third-order valence-corrected chi connectivity index (χ3v) is 5.54. The molecule has 1 N–H and O–H groups in total. The number of likely N-dealkylation sites (N-methyl/N-ethyl adjacent to an activating group) is 2. The molecule has 0 saturated carbocycles. The summed E-state index contributed by atoms with van der Waals surface area (Å²) in [6.07, 6.45) is 3.09. The van der Waals surface area contributed by atoms with Crippen LogP contribution in [-0.4, -0.2) is 44.2 Å². The van der Waals surface area contributed by atoms with E-state index in [1.54, 1.807) is 0 Å². The second-order valence-electron chi connectivity index (χ2n) is 6.30. The van der Waals surface area contributed by atoms with Gasteiger partial charge in [-0.3, -0.25) is 0 Å². The minimum absolute atomic E-state index is 0.114. The van der Waals surface area contributed by atoms with Crippen molar-refractivity contribution in [2.75, 3.05) is 27.7 Å². The summed E-state index contributed by atoms with van der Waals surface area (Å²) < 4.78 is 7.03. The molecule has 0 amide bonds. The first kappa shape index (κ1) is 16.8. The second kappa shape index (κ2) is 6.67. The van der Waals surface area contributed by atoms with Gasteiger partial charge in [0, 0.05) is 22.5 Å². The summed E-state index contributed by atoms with van der Waals surface area (Å²) in [5, 5.41) is 3.52. The Kier molecular flexibility index (Phi) is 5.33. The van der Waals surface area contributed by atoms with E-state index in [-0.39, 0.29) is 5.54 Å². The van der Waals surface area contributed by atoms with Gasteiger partial charge in [-0.2, -0.15) is 0 Å². The average Bonchev–Trinajstić information content (AvgIpc) is 2.91. The molecule has 1 heterocycles. The van der Waals surface area contributed by atoms with Crippen LogP contribution in [0.4, 0.5) is 0 Å². The highest BCUT2D eigenvalue weighted by atomic mass is 79.9. The van der Waals surface area contributed by atoms with E-state index in [1.807, 2.05) is 0 Å². The Morgan fingerprint density at radius 1 is 1.43 bits per heavy atom. The monoisotopic (exact) mass is 354 g/mol. The zero-order chi connectivity index (χ0) is 15.6. The lowest BCUT2D eigenvalue weighted by atomic mass is 9.83. The van der Waals surface area contributed by atoms with Crippen molar-refractivity contribution < 1.29 is 4.74 Å². The van der Waals surface area contributed by atoms with E-state index < -0.39 is 0 Å². The third-order valence-electron chi connectivity index (χ3n) is 5.09. The largest absolute Gasteiger partial charge is 0.493 e. The van der Waals surface area contributed by atoms with Crippen molar-refractivity contribution in [2.45, 2.75) is 44.7 Å². The number of hydrogen-bond donors (Lipinski definition) is 1. The maximum Gasteiger partial charge on any atom is 0.125 e. The molecular formula is C17H27BrN2O. The van der Waals surface area contributed by atoms with Crippen LogP contribution in [0.15, 0.2) is 16.6 Å². The Morgan fingerprint density at radius 3 is 2.71 bits per heavy atom. The lowest BCUT2D eigenvalue weighted by Gasteiger charge is -2.43. The van der Waals surface area contributed by atoms with Crippen LogP contribution in [0.5, 0.6) is 5.75 Å². The molecule has 4 heteroatoms. The molecule has 0 saturated heterocycles. The lowest BCUT2D eigenvalue weighted by Crippen LogP contribution is -2.56. The van der Waals surface area contributed by atoms with Gasteiger partial charge in [-0.1, -0.05) is 22.9 Å². The number of rotatable bonds is 6. The number of benzene rings is 1. The van der Waals surface area contributed by atoms with Crippen molar-refractivity contribution in [1.82, 2.24) is 10.2 Å². The number of nitrogens with zero attached hydrogens (tertiary/aromatic N) is 1. The quantitative estimate of drug-likeness (QED) is 0.848. The fourth-order valence-corrected chi connectivity index (χ4v) is 3.78. The third kappa shape index (κ3) is 3.27. The first-order chi connectivity index (χ1) is 9.92. The highest BCUT2D eigenvalue weighted by Gasteiger charge is 2.34. The molecule has 21 heavy (non-hydrogen) atoms. The number of nitrogens with one attached hydrogen (secondary N) is 1. The number of ether oxygens (including phenoxy) is 1. The van der Waals surface area contributed by atoms with Gasteiger partial charge in [-0.15, -0.1) is 0 Å². The van der Waals surface area contributed by atoms with Gasteiger partial charge in [0.15, 0.2) is 0 Å². The minimum Gasteiger partial charge on any atom is -0.493 e. The molecule has 1 aromatic carbocycles. The van der Waals surface area contributed by atoms with E-state index in [1.165, 1.54) is 11.1 Å². The molecule has 1 aliphatic rings. The molecule has 1 aromatic rings. The normalized spacial score (nSPS) is 18.2. The van der Waals surface area contributed by atoms with Crippen LogP contribution in [0.2, 0.25) is 0 Å². The van der Waals surface area contributed by atoms with Gasteiger partial charge in [0.25, 0.3) is 0 Å². The van der Waals surface area contributed by atoms with Crippen LogP contribution in [0.25, 0.3) is 0 Å². The molecule has 0 fully saturated rings. The molecule has 2 rings (SSSR count). The standard InChI is InChI=1S/C17H27BrN2O/c1-6-17(2,20(4)5)15(19-3)11-13-10-14(18)9-12-7-8-21-16(12)13/h9-10,15,19H,6-8,11H2,1-5H3. The van der Waals surface area contributed by atoms with Gasteiger partial charge in [-0.05, 0) is 64.2 Å². The lowest BCUT2D eigenvalue weighted by molar-refractivity contribution is 0.116. The van der Waals surface area contributed by atoms with Crippen LogP contribution in [0.3, 0.4) is 0 Å². The van der Waals surface area contributed by atoms with Crippen LogP contribution >= 0.6 is 15.9 Å². The topological polar surface area (TPSA) is 24.5 Å². The summed E-state index contributed by atoms with van der Waals surface area (Å²) in [5.74, 6) is 1.11. The van der Waals surface area contributed by atoms with Gasteiger partial charge < -0.3 is 15.0 Å². The summed E-state index contributed by atoms with van der Waals surface area (Å²) in [5.41, 5.74) is 2.75. The number of fused-ring (bicyclic) bond motifs is 1. The Hall–Kier alpha value is -0.580. The molecule has 0 radical (unpaired) electrons. The van der Waals surface area contributed by atoms with Gasteiger partial charge in [0.05, 0.1) is 6.61 Å². The Balaban J connectivity index is 2.31. The summed E-state index contributed by atoms with van der Waals surface area (Å²) in [4.78, 5) is 2.33. The van der Waals surface area contributed by atoms with E-state index in [2.05, 4.69) is 73.3 Å². The highest BCUT2D eigenvalue weighted by molar-refractivity contribution is 9.10. The molecule has 0 aromatic heterocycles. The van der Waals surface area contributed by atoms with Crippen molar-refractivity contribution in [2.24, 2.45) is 0 Å². The van der Waals surface area contributed by atoms with Crippen molar-refractivity contribution in [1.29, 1.82) is 0 Å². The van der Waals surface area contributed by atoms with Crippen molar-refractivity contribution in [3.8, 4) is 5.75 Å². The van der Waals surface area contributed by atoms with Crippen LogP contribution in [0.1, 0.15) is 31.4 Å². The molecule has 0 aliphatic carbocycles. The fourth-order valence-electron chi connectivity index (χ4n) is 3.22. The van der Waals surface area contributed by atoms with Crippen LogP contribution in [0, 0.1) is 0 Å². The summed E-state index contributed by atoms with van der Waals surface area (Å²) in [6, 6.07) is 4.77. The Labute approximate surface area is 137 Å². The first-order valence-electron chi connectivity index (χ1n) is 7.71. The molecule has 1 aliphatic heterocycles. The van der Waals surface area contributed by atoms with E-state index in [9.17, 15) is 0 Å². The predicted octanol–water partition coefficient (Wildman–Crippen LogP) is 3.24. The molecular weight excluding hydrogens is 328 g/mol. The summed E-state index contributed by atoms with van der Waals surface area (Å²) in [7, 11) is 6.38. The van der Waals surface area contributed by atoms with Crippen molar-refractivity contribution >= 4 is 15.9 Å². The summed E-state index contributed by atoms with van der Waals surface area (Å²) in [6.45, 7) is 5.39. The Bertz CT molecular complexity index is 504. The maximum atomic E-state index is 5.87. The highest BCUT2D eigenvalue weighted by Crippen LogP contribution is 2.35. The molecule has 0 spiro atoms. The zero-order valence-electron chi connectivity index (χ0n) is 13.8. The smallest absolute Gasteiger partial charge is 0.125 e. The molecule has 0 bridgehead atoms. The molecule has 118 valence electrons. The predicted molar refractivity (Wildman–Crippen MR) is 92.3 cm³/mol. The minimum atomic E-state index is 0.114. The average molecular weight is 355 g/mol. The first-order valence-corrected chi connectivity index (χ1v) is 8.50. The fraction of sp³-hybridized carbons (Fsp3) is 0.647. The number of halogens is 1. The second-order valence-corrected chi connectivity index (χ2v) is 7.22. The van der Waals surface area contributed by atoms with E-state index in [0.717, 1.165) is 36.1 Å². The van der Waals surface area contributed by atoms with Crippen molar-refractivity contribution in [3.05, 3.63) is 27.7 Å². The SMILES string of the molecule is CCC(C)(C(Cc1cc(Br)cc2c1OCC2)NC)N(C)C. The summed E-state index contributed by atoms with van der Waals surface area (Å²) >= 11 is 3.64. The van der Waals surface area contributed by atoms with E-state index in [0.29, 0.717) is 6.04 Å². The molecule has 3 nitrogen and oxygen atoms in total. The van der Waals surface area contributed by atoms with E-state index >= 15 is 0 Å². The van der Waals surface area contributed by atoms with E-state index in [4.69, 9.17) is 4.74 Å².